The van der Waals surface area contributed by atoms with Gasteiger partial charge in [-0.2, -0.15) is 0 Å². The summed E-state index contributed by atoms with van der Waals surface area (Å²) in [6.45, 7) is 1.30. The first-order valence-electron chi connectivity index (χ1n) is 6.10. The Hall–Kier alpha value is -2.28. The van der Waals surface area contributed by atoms with Crippen LogP contribution >= 0.6 is 0 Å². The molecule has 1 aliphatic heterocycles. The molecule has 0 radical (unpaired) electrons. The van der Waals surface area contributed by atoms with E-state index in [1.54, 1.807) is 6.92 Å². The first kappa shape index (κ1) is 14.1. The first-order chi connectivity index (χ1) is 9.47. The topological polar surface area (TPSA) is 78.5 Å². The van der Waals surface area contributed by atoms with Crippen molar-refractivity contribution in [2.75, 3.05) is 18.4 Å². The minimum atomic E-state index is -0.507. The van der Waals surface area contributed by atoms with E-state index >= 15 is 0 Å². The number of carbonyl (C=O) groups is 3. The van der Waals surface area contributed by atoms with Gasteiger partial charge in [-0.1, -0.05) is 0 Å². The molecule has 1 aromatic carbocycles. The van der Waals surface area contributed by atoms with Gasteiger partial charge in [0.1, 0.15) is 12.4 Å². The molecular formula is C13H14FN3O3. The number of imide groups is 1. The number of nitrogens with one attached hydrogen (secondary N) is 2. The SMILES string of the molecule is CC1NCC(=O)N(CC(=O)Nc2ccc(F)cc2)C1=O. The zero-order valence-electron chi connectivity index (χ0n) is 10.9. The number of piperazine rings is 1. The molecule has 6 nitrogen and oxygen atoms in total. The molecule has 1 atom stereocenters. The number of anilines is 1. The van der Waals surface area contributed by atoms with Crippen molar-refractivity contribution in [3.05, 3.63) is 30.1 Å². The van der Waals surface area contributed by atoms with Gasteiger partial charge in [-0.05, 0) is 31.2 Å². The summed E-state index contributed by atoms with van der Waals surface area (Å²) in [6, 6.07) is 4.72. The van der Waals surface area contributed by atoms with Crippen LogP contribution in [0.4, 0.5) is 10.1 Å². The fraction of sp³-hybridized carbons (Fsp3) is 0.308. The predicted octanol–water partition coefficient (Wildman–Crippen LogP) is 0.111. The molecule has 0 saturated carbocycles. The van der Waals surface area contributed by atoms with Crippen LogP contribution in [-0.2, 0) is 14.4 Å². The van der Waals surface area contributed by atoms with E-state index in [0.717, 1.165) is 4.90 Å². The van der Waals surface area contributed by atoms with E-state index in [2.05, 4.69) is 10.6 Å². The molecule has 20 heavy (non-hydrogen) atoms. The highest BCUT2D eigenvalue weighted by Gasteiger charge is 2.32. The van der Waals surface area contributed by atoms with Crippen molar-refractivity contribution < 1.29 is 18.8 Å². The second kappa shape index (κ2) is 5.79. The Kier molecular flexibility index (Phi) is 4.09. The van der Waals surface area contributed by atoms with E-state index in [-0.39, 0.29) is 13.1 Å². The van der Waals surface area contributed by atoms with E-state index in [0.29, 0.717) is 5.69 Å². The van der Waals surface area contributed by atoms with Crippen LogP contribution in [-0.4, -0.2) is 41.8 Å². The summed E-state index contributed by atoms with van der Waals surface area (Å²) in [5.41, 5.74) is 0.402. The van der Waals surface area contributed by atoms with Gasteiger partial charge in [-0.25, -0.2) is 4.39 Å². The quantitative estimate of drug-likeness (QED) is 0.770. The Balaban J connectivity index is 1.98. The van der Waals surface area contributed by atoms with Crippen LogP contribution in [0.25, 0.3) is 0 Å². The fourth-order valence-corrected chi connectivity index (χ4v) is 1.82. The summed E-state index contributed by atoms with van der Waals surface area (Å²) in [7, 11) is 0. The van der Waals surface area contributed by atoms with E-state index in [4.69, 9.17) is 0 Å². The molecule has 1 saturated heterocycles. The van der Waals surface area contributed by atoms with E-state index in [9.17, 15) is 18.8 Å². The maximum Gasteiger partial charge on any atom is 0.246 e. The number of hydrogen-bond donors (Lipinski definition) is 2. The van der Waals surface area contributed by atoms with Crippen molar-refractivity contribution in [3.63, 3.8) is 0 Å². The maximum atomic E-state index is 12.7. The molecule has 106 valence electrons. The van der Waals surface area contributed by atoms with Crippen LogP contribution in [0.1, 0.15) is 6.92 Å². The van der Waals surface area contributed by atoms with Gasteiger partial charge in [0.2, 0.25) is 17.7 Å². The van der Waals surface area contributed by atoms with Crippen LogP contribution < -0.4 is 10.6 Å². The number of nitrogens with zero attached hydrogens (tertiary/aromatic N) is 1. The summed E-state index contributed by atoms with van der Waals surface area (Å²) < 4.78 is 12.7. The first-order valence-corrected chi connectivity index (χ1v) is 6.10. The molecule has 2 rings (SSSR count). The van der Waals surface area contributed by atoms with Crippen molar-refractivity contribution in [2.45, 2.75) is 13.0 Å². The number of amides is 3. The molecule has 1 heterocycles. The third-order valence-corrected chi connectivity index (χ3v) is 2.93. The molecule has 1 unspecified atom stereocenters. The van der Waals surface area contributed by atoms with Gasteiger partial charge in [0.15, 0.2) is 0 Å². The predicted molar refractivity (Wildman–Crippen MR) is 69.2 cm³/mol. The van der Waals surface area contributed by atoms with Crippen LogP contribution in [0.2, 0.25) is 0 Å². The zero-order chi connectivity index (χ0) is 14.7. The van der Waals surface area contributed by atoms with Gasteiger partial charge in [0, 0.05) is 5.69 Å². The molecule has 0 aromatic heterocycles. The zero-order valence-corrected chi connectivity index (χ0v) is 10.9. The minimum Gasteiger partial charge on any atom is -0.325 e. The third-order valence-electron chi connectivity index (χ3n) is 2.93. The molecule has 1 aromatic rings. The molecule has 2 N–H and O–H groups in total. The normalized spacial score (nSPS) is 19.1. The monoisotopic (exact) mass is 279 g/mol. The summed E-state index contributed by atoms with van der Waals surface area (Å²) in [6.07, 6.45) is 0. The Morgan fingerprint density at radius 2 is 2.05 bits per heavy atom. The largest absolute Gasteiger partial charge is 0.325 e. The number of carbonyl (C=O) groups excluding carboxylic acids is 3. The second-order valence-electron chi connectivity index (χ2n) is 4.48. The number of halogens is 1. The number of hydrogen-bond acceptors (Lipinski definition) is 4. The smallest absolute Gasteiger partial charge is 0.246 e. The Morgan fingerprint density at radius 1 is 1.40 bits per heavy atom. The molecule has 3 amide bonds. The standard InChI is InChI=1S/C13H14FN3O3/c1-8-13(20)17(12(19)6-15-8)7-11(18)16-10-4-2-9(14)3-5-10/h2-5,8,15H,6-7H2,1H3,(H,16,18). The van der Waals surface area contributed by atoms with Gasteiger partial charge < -0.3 is 5.32 Å². The van der Waals surface area contributed by atoms with E-state index in [1.165, 1.54) is 24.3 Å². The summed E-state index contributed by atoms with van der Waals surface area (Å²) in [5, 5.41) is 5.23. The fourth-order valence-electron chi connectivity index (χ4n) is 1.82. The molecule has 1 aliphatic rings. The van der Waals surface area contributed by atoms with Crippen molar-refractivity contribution in [1.82, 2.24) is 10.2 Å². The molecule has 7 heteroatoms. The maximum absolute atomic E-state index is 12.7. The van der Waals surface area contributed by atoms with Gasteiger partial charge in [-0.15, -0.1) is 0 Å². The average molecular weight is 279 g/mol. The average Bonchev–Trinajstić information content (AvgIpc) is 2.42. The Morgan fingerprint density at radius 3 is 2.70 bits per heavy atom. The van der Waals surface area contributed by atoms with Crippen molar-refractivity contribution in [2.24, 2.45) is 0 Å². The minimum absolute atomic E-state index is 0.0245. The molecular weight excluding hydrogens is 265 g/mol. The van der Waals surface area contributed by atoms with Gasteiger partial charge in [0.05, 0.1) is 12.6 Å². The van der Waals surface area contributed by atoms with Crippen LogP contribution in [0.3, 0.4) is 0 Å². The van der Waals surface area contributed by atoms with Gasteiger partial charge >= 0.3 is 0 Å². The van der Waals surface area contributed by atoms with Crippen LogP contribution in [0, 0.1) is 5.82 Å². The van der Waals surface area contributed by atoms with E-state index in [1.807, 2.05) is 0 Å². The third kappa shape index (κ3) is 3.18. The lowest BCUT2D eigenvalue weighted by atomic mass is 10.2. The van der Waals surface area contributed by atoms with Gasteiger partial charge in [-0.3, -0.25) is 24.6 Å². The van der Waals surface area contributed by atoms with Crippen molar-refractivity contribution in [3.8, 4) is 0 Å². The molecule has 1 fully saturated rings. The highest BCUT2D eigenvalue weighted by Crippen LogP contribution is 2.09. The van der Waals surface area contributed by atoms with Crippen molar-refractivity contribution >= 4 is 23.4 Å². The molecule has 0 bridgehead atoms. The van der Waals surface area contributed by atoms with E-state index < -0.39 is 29.6 Å². The summed E-state index contributed by atoms with van der Waals surface area (Å²) in [5.74, 6) is -1.80. The Labute approximate surface area is 114 Å². The van der Waals surface area contributed by atoms with Crippen molar-refractivity contribution in [1.29, 1.82) is 0 Å². The lowest BCUT2D eigenvalue weighted by Gasteiger charge is -2.29. The van der Waals surface area contributed by atoms with Gasteiger partial charge in [0.25, 0.3) is 0 Å². The summed E-state index contributed by atoms with van der Waals surface area (Å²) >= 11 is 0. The molecule has 0 aliphatic carbocycles. The lowest BCUT2D eigenvalue weighted by molar-refractivity contribution is -0.150. The highest BCUT2D eigenvalue weighted by molar-refractivity contribution is 6.05. The number of benzene rings is 1. The summed E-state index contributed by atoms with van der Waals surface area (Å²) in [4.78, 5) is 36.1. The number of rotatable bonds is 3. The Bertz CT molecular complexity index is 544. The highest BCUT2D eigenvalue weighted by atomic mass is 19.1. The van der Waals surface area contributed by atoms with Crippen LogP contribution in [0.5, 0.6) is 0 Å². The lowest BCUT2D eigenvalue weighted by Crippen LogP contribution is -2.58. The van der Waals surface area contributed by atoms with Crippen LogP contribution in [0.15, 0.2) is 24.3 Å². The second-order valence-corrected chi connectivity index (χ2v) is 4.48. The molecule has 0 spiro atoms.